The molecule has 0 aromatic carbocycles. The van der Waals surface area contributed by atoms with Crippen LogP contribution in [0.3, 0.4) is 0 Å². The zero-order chi connectivity index (χ0) is 18.5. The van der Waals surface area contributed by atoms with Crippen LogP contribution in [0.25, 0.3) is 5.52 Å². The number of hydrogen-bond acceptors (Lipinski definition) is 4. The molecule has 0 unspecified atom stereocenters. The molecule has 7 heteroatoms. The zero-order valence-electron chi connectivity index (χ0n) is 15.8. The lowest BCUT2D eigenvalue weighted by atomic mass is 9.94. The van der Waals surface area contributed by atoms with Gasteiger partial charge in [0, 0.05) is 18.8 Å². The first-order chi connectivity index (χ1) is 12.6. The number of carbonyl (C=O) groups is 1. The summed E-state index contributed by atoms with van der Waals surface area (Å²) in [5, 5.41) is 7.13. The van der Waals surface area contributed by atoms with Crippen molar-refractivity contribution in [3.05, 3.63) is 34.5 Å². The van der Waals surface area contributed by atoms with Crippen molar-refractivity contribution in [2.45, 2.75) is 58.0 Å². The number of nitrogens with one attached hydrogen (secondary N) is 1. The van der Waals surface area contributed by atoms with E-state index in [1.54, 1.807) is 22.7 Å². The molecule has 1 aliphatic carbocycles. The van der Waals surface area contributed by atoms with Crippen LogP contribution in [-0.2, 0) is 11.3 Å². The molecule has 2 heterocycles. The van der Waals surface area contributed by atoms with Crippen LogP contribution in [0.4, 0.5) is 0 Å². The average molecular weight is 359 g/mol. The van der Waals surface area contributed by atoms with Crippen LogP contribution in [0.15, 0.2) is 23.1 Å². The predicted molar refractivity (Wildman–Crippen MR) is 101 cm³/mol. The molecule has 7 nitrogen and oxygen atoms in total. The number of fused-ring (bicyclic) bond motifs is 1. The Morgan fingerprint density at radius 2 is 2.12 bits per heavy atom. The lowest BCUT2D eigenvalue weighted by molar-refractivity contribution is -0.121. The summed E-state index contributed by atoms with van der Waals surface area (Å²) < 4.78 is 2.98. The van der Waals surface area contributed by atoms with E-state index < -0.39 is 0 Å². The Balaban J connectivity index is 1.46. The molecule has 2 aromatic rings. The lowest BCUT2D eigenvalue weighted by Gasteiger charge is -2.31. The van der Waals surface area contributed by atoms with Crippen molar-refractivity contribution < 1.29 is 4.79 Å². The molecule has 142 valence electrons. The number of aromatic nitrogens is 3. The Labute approximate surface area is 154 Å². The molecule has 0 bridgehead atoms. The summed E-state index contributed by atoms with van der Waals surface area (Å²) in [5.41, 5.74) is 0.298. The highest BCUT2D eigenvalue weighted by molar-refractivity contribution is 5.75. The molecule has 1 N–H and O–H groups in total. The van der Waals surface area contributed by atoms with E-state index >= 15 is 0 Å². The molecule has 0 radical (unpaired) electrons. The monoisotopic (exact) mass is 359 g/mol. The molecule has 0 aliphatic heterocycles. The molecule has 2 aromatic heterocycles. The van der Waals surface area contributed by atoms with Gasteiger partial charge in [-0.15, -0.1) is 0 Å². The van der Waals surface area contributed by atoms with Crippen LogP contribution >= 0.6 is 0 Å². The maximum atomic E-state index is 12.4. The highest BCUT2D eigenvalue weighted by atomic mass is 16.2. The van der Waals surface area contributed by atoms with E-state index in [1.807, 2.05) is 6.92 Å². The van der Waals surface area contributed by atoms with Crippen LogP contribution in [0.5, 0.6) is 0 Å². The SMILES string of the molecule is Cc1nn(CC(=O)NCCCN(C)C2CCCCC2)c(=O)c2cccn12. The summed E-state index contributed by atoms with van der Waals surface area (Å²) in [7, 11) is 2.18. The maximum absolute atomic E-state index is 12.4. The summed E-state index contributed by atoms with van der Waals surface area (Å²) in [6.45, 7) is 3.39. The van der Waals surface area contributed by atoms with Gasteiger partial charge < -0.3 is 10.2 Å². The molecule has 0 saturated heterocycles. The molecular weight excluding hydrogens is 330 g/mol. The van der Waals surface area contributed by atoms with Crippen LogP contribution in [0, 0.1) is 6.92 Å². The first kappa shape index (κ1) is 18.6. The summed E-state index contributed by atoms with van der Waals surface area (Å²) in [6.07, 6.45) is 9.32. The fourth-order valence-corrected chi connectivity index (χ4v) is 3.80. The van der Waals surface area contributed by atoms with Gasteiger partial charge in [-0.25, -0.2) is 4.68 Å². The van der Waals surface area contributed by atoms with Gasteiger partial charge >= 0.3 is 0 Å². The van der Waals surface area contributed by atoms with Gasteiger partial charge in [-0.05, 0) is 51.9 Å². The minimum Gasteiger partial charge on any atom is -0.354 e. The second kappa shape index (κ2) is 8.49. The van der Waals surface area contributed by atoms with E-state index in [4.69, 9.17) is 0 Å². The molecule has 1 fully saturated rings. The standard InChI is InChI=1S/C19H29N5O2/c1-15-21-24(19(26)17-10-6-13-23(15)17)14-18(25)20-11-7-12-22(2)16-8-4-3-5-9-16/h6,10,13,16H,3-5,7-9,11-12,14H2,1-2H3,(H,20,25). The number of nitrogens with zero attached hydrogens (tertiary/aromatic N) is 4. The highest BCUT2D eigenvalue weighted by Crippen LogP contribution is 2.21. The number of carbonyl (C=O) groups excluding carboxylic acids is 1. The van der Waals surface area contributed by atoms with E-state index in [0.29, 0.717) is 23.9 Å². The third kappa shape index (κ3) is 4.33. The van der Waals surface area contributed by atoms with Gasteiger partial charge in [0.2, 0.25) is 5.91 Å². The smallest absolute Gasteiger partial charge is 0.291 e. The minimum atomic E-state index is -0.243. The van der Waals surface area contributed by atoms with Gasteiger partial charge in [0.15, 0.2) is 0 Å². The Kier molecular flexibility index (Phi) is 6.08. The van der Waals surface area contributed by atoms with Crippen LogP contribution < -0.4 is 10.9 Å². The van der Waals surface area contributed by atoms with Crippen molar-refractivity contribution in [3.8, 4) is 0 Å². The average Bonchev–Trinajstić information content (AvgIpc) is 3.14. The molecule has 3 rings (SSSR count). The first-order valence-corrected chi connectivity index (χ1v) is 9.58. The zero-order valence-corrected chi connectivity index (χ0v) is 15.8. The number of rotatable bonds is 7. The molecule has 26 heavy (non-hydrogen) atoms. The normalized spacial score (nSPS) is 15.7. The van der Waals surface area contributed by atoms with Crippen molar-refractivity contribution in [2.24, 2.45) is 0 Å². The van der Waals surface area contributed by atoms with Crippen molar-refractivity contribution in [1.82, 2.24) is 24.4 Å². The topological polar surface area (TPSA) is 71.6 Å². The van der Waals surface area contributed by atoms with E-state index in [-0.39, 0.29) is 18.0 Å². The minimum absolute atomic E-state index is 0.0418. The second-order valence-electron chi connectivity index (χ2n) is 7.25. The number of aryl methyl sites for hydroxylation is 1. The summed E-state index contributed by atoms with van der Waals surface area (Å²) >= 11 is 0. The van der Waals surface area contributed by atoms with Gasteiger partial charge in [0.05, 0.1) is 0 Å². The first-order valence-electron chi connectivity index (χ1n) is 9.58. The second-order valence-corrected chi connectivity index (χ2v) is 7.25. The highest BCUT2D eigenvalue weighted by Gasteiger charge is 2.17. The molecule has 1 amide bonds. The number of hydrogen-bond donors (Lipinski definition) is 1. The van der Waals surface area contributed by atoms with E-state index in [2.05, 4.69) is 22.4 Å². The third-order valence-electron chi connectivity index (χ3n) is 5.32. The summed E-state index contributed by atoms with van der Waals surface area (Å²) in [6, 6.07) is 4.24. The Hall–Kier alpha value is -2.15. The number of amides is 1. The van der Waals surface area contributed by atoms with E-state index in [0.717, 1.165) is 13.0 Å². The van der Waals surface area contributed by atoms with Gasteiger partial charge in [-0.2, -0.15) is 5.10 Å². The molecule has 1 saturated carbocycles. The van der Waals surface area contributed by atoms with E-state index in [1.165, 1.54) is 36.8 Å². The quantitative estimate of drug-likeness (QED) is 0.762. The van der Waals surface area contributed by atoms with Gasteiger partial charge in [-0.1, -0.05) is 19.3 Å². The largest absolute Gasteiger partial charge is 0.354 e. The van der Waals surface area contributed by atoms with Crippen LogP contribution in [0.2, 0.25) is 0 Å². The summed E-state index contributed by atoms with van der Waals surface area (Å²) in [5.74, 6) is 0.515. The third-order valence-corrected chi connectivity index (χ3v) is 5.32. The lowest BCUT2D eigenvalue weighted by Crippen LogP contribution is -2.37. The van der Waals surface area contributed by atoms with Gasteiger partial charge in [0.25, 0.3) is 5.56 Å². The Morgan fingerprint density at radius 3 is 2.88 bits per heavy atom. The Morgan fingerprint density at radius 1 is 1.35 bits per heavy atom. The van der Waals surface area contributed by atoms with Crippen molar-refractivity contribution >= 4 is 11.4 Å². The van der Waals surface area contributed by atoms with Crippen LogP contribution in [0.1, 0.15) is 44.3 Å². The molecule has 0 spiro atoms. The van der Waals surface area contributed by atoms with Crippen molar-refractivity contribution in [3.63, 3.8) is 0 Å². The molecule has 0 atom stereocenters. The van der Waals surface area contributed by atoms with Crippen molar-refractivity contribution in [1.29, 1.82) is 0 Å². The maximum Gasteiger partial charge on any atom is 0.291 e. The van der Waals surface area contributed by atoms with Gasteiger partial charge in [0.1, 0.15) is 17.9 Å². The molecular formula is C19H29N5O2. The predicted octanol–water partition coefficient (Wildman–Crippen LogP) is 1.58. The van der Waals surface area contributed by atoms with Gasteiger partial charge in [-0.3, -0.25) is 14.0 Å². The fraction of sp³-hybridized carbons (Fsp3) is 0.632. The fourth-order valence-electron chi connectivity index (χ4n) is 3.80. The molecule has 1 aliphatic rings. The Bertz CT molecular complexity index is 804. The van der Waals surface area contributed by atoms with Crippen LogP contribution in [-0.4, -0.2) is 51.2 Å². The van der Waals surface area contributed by atoms with E-state index in [9.17, 15) is 9.59 Å². The van der Waals surface area contributed by atoms with Crippen molar-refractivity contribution in [2.75, 3.05) is 20.1 Å². The summed E-state index contributed by atoms with van der Waals surface area (Å²) in [4.78, 5) is 26.9.